The lowest BCUT2D eigenvalue weighted by molar-refractivity contribution is 0.244. The predicted molar refractivity (Wildman–Crippen MR) is 58.9 cm³/mol. The van der Waals surface area contributed by atoms with Gasteiger partial charge in [-0.25, -0.2) is 0 Å². The number of hydrogen-bond acceptors (Lipinski definition) is 3. The van der Waals surface area contributed by atoms with Gasteiger partial charge in [0.25, 0.3) is 0 Å². The molecule has 0 aliphatic carbocycles. The zero-order valence-electron chi connectivity index (χ0n) is 7.96. The second kappa shape index (κ2) is 6.68. The lowest BCUT2D eigenvalue weighted by Crippen LogP contribution is -2.15. The Morgan fingerprint density at radius 1 is 1.57 bits per heavy atom. The highest BCUT2D eigenvalue weighted by Gasteiger charge is 1.97. The van der Waals surface area contributed by atoms with Crippen LogP contribution < -0.4 is 5.32 Å². The first kappa shape index (κ1) is 11.3. The molecular weight excluding hydrogens is 246 g/mol. The molecule has 0 amide bonds. The fourth-order valence-corrected chi connectivity index (χ4v) is 1.36. The van der Waals surface area contributed by atoms with E-state index in [9.17, 15) is 0 Å². The van der Waals surface area contributed by atoms with Gasteiger partial charge in [0.1, 0.15) is 5.76 Å². The Balaban J connectivity index is 2.01. The van der Waals surface area contributed by atoms with Crippen molar-refractivity contribution < 1.29 is 9.15 Å². The first-order chi connectivity index (χ1) is 6.83. The number of ether oxygens (including phenoxy) is 1. The highest BCUT2D eigenvalue weighted by Crippen LogP contribution is 2.13. The molecule has 78 valence electrons. The van der Waals surface area contributed by atoms with Crippen LogP contribution in [0.5, 0.6) is 0 Å². The molecule has 14 heavy (non-hydrogen) atoms. The maximum atomic E-state index is 5.32. The van der Waals surface area contributed by atoms with Crippen LogP contribution in [0.15, 0.2) is 34.1 Å². The Morgan fingerprint density at radius 3 is 3.07 bits per heavy atom. The maximum Gasteiger partial charge on any atom is 0.169 e. The average Bonchev–Trinajstić information content (AvgIpc) is 2.58. The first-order valence-electron chi connectivity index (χ1n) is 4.50. The molecule has 4 heteroatoms. The minimum Gasteiger partial charge on any atom is -0.502 e. The summed E-state index contributed by atoms with van der Waals surface area (Å²) in [6.45, 7) is 5.83. The molecule has 0 saturated carbocycles. The van der Waals surface area contributed by atoms with Crippen LogP contribution in [0.25, 0.3) is 0 Å². The smallest absolute Gasteiger partial charge is 0.169 e. The summed E-state index contributed by atoms with van der Waals surface area (Å²) in [5.74, 6) is 0.932. The summed E-state index contributed by atoms with van der Waals surface area (Å²) in [6.07, 6.45) is 2.43. The normalized spacial score (nSPS) is 10.1. The van der Waals surface area contributed by atoms with Crippen molar-refractivity contribution in [3.05, 3.63) is 35.4 Å². The van der Waals surface area contributed by atoms with Crippen LogP contribution in [-0.2, 0) is 11.3 Å². The molecule has 0 atom stereocenters. The van der Waals surface area contributed by atoms with Crippen LogP contribution in [0.1, 0.15) is 12.2 Å². The van der Waals surface area contributed by atoms with Gasteiger partial charge in [-0.2, -0.15) is 0 Å². The quantitative estimate of drug-likeness (QED) is 0.604. The SMILES string of the molecule is C=COCCCNCc1ccc(Br)o1. The predicted octanol–water partition coefficient (Wildman–Crippen LogP) is 2.68. The summed E-state index contributed by atoms with van der Waals surface area (Å²) in [6, 6.07) is 3.83. The van der Waals surface area contributed by atoms with E-state index in [1.165, 1.54) is 6.26 Å². The number of halogens is 1. The van der Waals surface area contributed by atoms with Crippen molar-refractivity contribution in [3.8, 4) is 0 Å². The van der Waals surface area contributed by atoms with E-state index in [2.05, 4.69) is 27.8 Å². The Morgan fingerprint density at radius 2 is 2.43 bits per heavy atom. The molecule has 1 aromatic heterocycles. The van der Waals surface area contributed by atoms with Crippen molar-refractivity contribution in [2.45, 2.75) is 13.0 Å². The molecule has 0 aromatic carbocycles. The topological polar surface area (TPSA) is 34.4 Å². The molecule has 3 nitrogen and oxygen atoms in total. The van der Waals surface area contributed by atoms with E-state index < -0.39 is 0 Å². The van der Waals surface area contributed by atoms with Crippen molar-refractivity contribution in [1.29, 1.82) is 0 Å². The summed E-state index contributed by atoms with van der Waals surface area (Å²) in [5.41, 5.74) is 0. The number of furan rings is 1. The van der Waals surface area contributed by atoms with Crippen molar-refractivity contribution in [2.75, 3.05) is 13.2 Å². The minimum atomic E-state index is 0.707. The first-order valence-corrected chi connectivity index (χ1v) is 5.29. The molecule has 0 fully saturated rings. The summed E-state index contributed by atoms with van der Waals surface area (Å²) in [5, 5.41) is 3.25. The van der Waals surface area contributed by atoms with Gasteiger partial charge >= 0.3 is 0 Å². The molecule has 0 radical (unpaired) electrons. The molecule has 1 heterocycles. The van der Waals surface area contributed by atoms with Crippen molar-refractivity contribution in [3.63, 3.8) is 0 Å². The fourth-order valence-electron chi connectivity index (χ4n) is 1.02. The van der Waals surface area contributed by atoms with Crippen LogP contribution >= 0.6 is 15.9 Å². The molecule has 0 aliphatic heterocycles. The largest absolute Gasteiger partial charge is 0.502 e. The summed E-state index contributed by atoms with van der Waals surface area (Å²) in [7, 11) is 0. The lowest BCUT2D eigenvalue weighted by atomic mass is 10.4. The average molecular weight is 260 g/mol. The highest BCUT2D eigenvalue weighted by molar-refractivity contribution is 9.10. The number of nitrogens with one attached hydrogen (secondary N) is 1. The van der Waals surface area contributed by atoms with E-state index in [0.29, 0.717) is 6.61 Å². The van der Waals surface area contributed by atoms with Gasteiger partial charge in [0.05, 0.1) is 19.4 Å². The van der Waals surface area contributed by atoms with E-state index in [1.807, 2.05) is 12.1 Å². The third-order valence-electron chi connectivity index (χ3n) is 1.66. The van der Waals surface area contributed by atoms with Gasteiger partial charge in [-0.3, -0.25) is 0 Å². The minimum absolute atomic E-state index is 0.707. The molecule has 1 aromatic rings. The second-order valence-corrected chi connectivity index (χ2v) is 3.56. The summed E-state index contributed by atoms with van der Waals surface area (Å²) >= 11 is 3.25. The van der Waals surface area contributed by atoms with Crippen LogP contribution in [0.4, 0.5) is 0 Å². The zero-order chi connectivity index (χ0) is 10.2. The molecule has 1 N–H and O–H groups in total. The monoisotopic (exact) mass is 259 g/mol. The highest BCUT2D eigenvalue weighted by atomic mass is 79.9. The molecule has 0 spiro atoms. The number of rotatable bonds is 7. The van der Waals surface area contributed by atoms with Crippen LogP contribution in [0.3, 0.4) is 0 Å². The van der Waals surface area contributed by atoms with Gasteiger partial charge in [-0.05, 0) is 41.0 Å². The van der Waals surface area contributed by atoms with Gasteiger partial charge in [0, 0.05) is 0 Å². The van der Waals surface area contributed by atoms with E-state index in [-0.39, 0.29) is 0 Å². The fraction of sp³-hybridized carbons (Fsp3) is 0.400. The van der Waals surface area contributed by atoms with Gasteiger partial charge in [0.2, 0.25) is 0 Å². The van der Waals surface area contributed by atoms with Crippen molar-refractivity contribution in [1.82, 2.24) is 5.32 Å². The summed E-state index contributed by atoms with van der Waals surface area (Å²) in [4.78, 5) is 0. The Hall–Kier alpha value is -0.740. The van der Waals surface area contributed by atoms with Crippen LogP contribution in [0, 0.1) is 0 Å². The Labute approximate surface area is 92.3 Å². The Kier molecular flexibility index (Phi) is 5.40. The van der Waals surface area contributed by atoms with E-state index >= 15 is 0 Å². The van der Waals surface area contributed by atoms with Gasteiger partial charge in [-0.15, -0.1) is 0 Å². The second-order valence-electron chi connectivity index (χ2n) is 2.77. The third-order valence-corrected chi connectivity index (χ3v) is 2.09. The van der Waals surface area contributed by atoms with E-state index in [0.717, 1.165) is 29.9 Å². The lowest BCUT2D eigenvalue weighted by Gasteiger charge is -2.02. The van der Waals surface area contributed by atoms with Crippen molar-refractivity contribution in [2.24, 2.45) is 0 Å². The van der Waals surface area contributed by atoms with Crippen molar-refractivity contribution >= 4 is 15.9 Å². The van der Waals surface area contributed by atoms with Crippen LogP contribution in [0.2, 0.25) is 0 Å². The summed E-state index contributed by atoms with van der Waals surface area (Å²) < 4.78 is 11.1. The molecule has 0 bridgehead atoms. The number of hydrogen-bond donors (Lipinski definition) is 1. The van der Waals surface area contributed by atoms with Gasteiger partial charge in [0.15, 0.2) is 4.67 Å². The van der Waals surface area contributed by atoms with Gasteiger partial charge in [-0.1, -0.05) is 6.58 Å². The molecule has 0 unspecified atom stereocenters. The zero-order valence-corrected chi connectivity index (χ0v) is 9.55. The molecule has 1 rings (SSSR count). The molecular formula is C10H14BrNO2. The van der Waals surface area contributed by atoms with Gasteiger partial charge < -0.3 is 14.5 Å². The maximum absolute atomic E-state index is 5.32. The van der Waals surface area contributed by atoms with E-state index in [4.69, 9.17) is 9.15 Å². The van der Waals surface area contributed by atoms with Crippen LogP contribution in [-0.4, -0.2) is 13.2 Å². The van der Waals surface area contributed by atoms with E-state index in [1.54, 1.807) is 0 Å². The Bertz CT molecular complexity index is 273. The standard InChI is InChI=1S/C10H14BrNO2/c1-2-13-7-3-6-12-8-9-4-5-10(11)14-9/h2,4-5,12H,1,3,6-8H2. The molecule has 0 aliphatic rings. The molecule has 0 saturated heterocycles. The third kappa shape index (κ3) is 4.48.